The van der Waals surface area contributed by atoms with Crippen molar-refractivity contribution in [3.05, 3.63) is 59.7 Å². The van der Waals surface area contributed by atoms with Gasteiger partial charge in [-0.2, -0.15) is 5.26 Å². The van der Waals surface area contributed by atoms with Crippen LogP contribution in [0, 0.1) is 11.3 Å². The van der Waals surface area contributed by atoms with Gasteiger partial charge in [0.25, 0.3) is 5.91 Å². The summed E-state index contributed by atoms with van der Waals surface area (Å²) in [7, 11) is 3.24. The predicted octanol–water partition coefficient (Wildman–Crippen LogP) is 2.84. The number of hydrogen-bond acceptors (Lipinski definition) is 3. The molecule has 0 heterocycles. The first-order chi connectivity index (χ1) is 9.67. The maximum Gasteiger partial charge on any atom is 0.258 e. The molecule has 0 unspecified atom stereocenters. The van der Waals surface area contributed by atoms with Crippen molar-refractivity contribution in [2.24, 2.45) is 0 Å². The third-order valence-electron chi connectivity index (χ3n) is 2.99. The molecule has 0 saturated carbocycles. The molecule has 0 bridgehead atoms. The summed E-state index contributed by atoms with van der Waals surface area (Å²) in [5, 5.41) is 8.89. The summed E-state index contributed by atoms with van der Waals surface area (Å²) in [5.41, 5.74) is 1.61. The quantitative estimate of drug-likeness (QED) is 0.858. The Labute approximate surface area is 117 Å². The van der Waals surface area contributed by atoms with E-state index in [9.17, 15) is 4.79 Å². The summed E-state index contributed by atoms with van der Waals surface area (Å²) in [4.78, 5) is 14.0. The number of rotatable bonds is 3. The summed E-state index contributed by atoms with van der Waals surface area (Å²) in [6.07, 6.45) is 0. The maximum atomic E-state index is 12.4. The zero-order valence-corrected chi connectivity index (χ0v) is 11.3. The Bertz CT molecular complexity index is 674. The van der Waals surface area contributed by atoms with E-state index in [1.54, 1.807) is 44.5 Å². The van der Waals surface area contributed by atoms with E-state index in [1.807, 2.05) is 24.3 Å². The highest BCUT2D eigenvalue weighted by Gasteiger charge is 2.16. The largest absolute Gasteiger partial charge is 0.495 e. The smallest absolute Gasteiger partial charge is 0.258 e. The second-order valence-corrected chi connectivity index (χ2v) is 4.23. The van der Waals surface area contributed by atoms with E-state index in [2.05, 4.69) is 0 Å². The van der Waals surface area contributed by atoms with Gasteiger partial charge in [-0.3, -0.25) is 4.79 Å². The molecule has 100 valence electrons. The van der Waals surface area contributed by atoms with E-state index in [0.717, 1.165) is 0 Å². The van der Waals surface area contributed by atoms with Gasteiger partial charge in [-0.25, -0.2) is 0 Å². The van der Waals surface area contributed by atoms with Crippen LogP contribution in [-0.4, -0.2) is 20.1 Å². The van der Waals surface area contributed by atoms with Crippen LogP contribution in [0.2, 0.25) is 0 Å². The molecule has 2 aromatic carbocycles. The second kappa shape index (κ2) is 5.89. The molecule has 1 amide bonds. The standard InChI is InChI=1S/C16H14N2O2/c1-18(14-8-3-4-9-15(14)20-2)16(19)13-7-5-6-12(10-13)11-17/h3-10H,1-2H3. The zero-order valence-electron chi connectivity index (χ0n) is 11.3. The van der Waals surface area contributed by atoms with Crippen molar-refractivity contribution < 1.29 is 9.53 Å². The van der Waals surface area contributed by atoms with Crippen LogP contribution in [0.15, 0.2) is 48.5 Å². The van der Waals surface area contributed by atoms with Crippen molar-refractivity contribution in [3.8, 4) is 11.8 Å². The Balaban J connectivity index is 2.35. The number of amides is 1. The lowest BCUT2D eigenvalue weighted by molar-refractivity contribution is 0.0992. The lowest BCUT2D eigenvalue weighted by Gasteiger charge is -2.20. The minimum Gasteiger partial charge on any atom is -0.495 e. The minimum absolute atomic E-state index is 0.188. The molecule has 20 heavy (non-hydrogen) atoms. The number of ether oxygens (including phenoxy) is 1. The average molecular weight is 266 g/mol. The molecule has 0 atom stereocenters. The van der Waals surface area contributed by atoms with Crippen LogP contribution in [0.4, 0.5) is 5.69 Å². The van der Waals surface area contributed by atoms with Crippen molar-refractivity contribution in [1.82, 2.24) is 0 Å². The van der Waals surface area contributed by atoms with Gasteiger partial charge in [0.1, 0.15) is 5.75 Å². The third-order valence-corrected chi connectivity index (χ3v) is 2.99. The van der Waals surface area contributed by atoms with Gasteiger partial charge in [-0.05, 0) is 30.3 Å². The van der Waals surface area contributed by atoms with Crippen LogP contribution in [-0.2, 0) is 0 Å². The number of nitrogens with zero attached hydrogens (tertiary/aromatic N) is 2. The van der Waals surface area contributed by atoms with E-state index >= 15 is 0 Å². The van der Waals surface area contributed by atoms with Gasteiger partial charge in [0.2, 0.25) is 0 Å². The van der Waals surface area contributed by atoms with Crippen LogP contribution in [0.3, 0.4) is 0 Å². The fourth-order valence-corrected chi connectivity index (χ4v) is 1.93. The molecule has 0 fully saturated rings. The summed E-state index contributed by atoms with van der Waals surface area (Å²) >= 11 is 0. The van der Waals surface area contributed by atoms with E-state index in [4.69, 9.17) is 10.00 Å². The van der Waals surface area contributed by atoms with Crippen LogP contribution >= 0.6 is 0 Å². The number of carbonyl (C=O) groups is 1. The number of para-hydroxylation sites is 2. The Morgan fingerprint density at radius 2 is 1.95 bits per heavy atom. The molecule has 0 radical (unpaired) electrons. The topological polar surface area (TPSA) is 53.3 Å². The van der Waals surface area contributed by atoms with Gasteiger partial charge in [-0.15, -0.1) is 0 Å². The van der Waals surface area contributed by atoms with Crippen molar-refractivity contribution in [3.63, 3.8) is 0 Å². The number of benzene rings is 2. The first-order valence-corrected chi connectivity index (χ1v) is 6.08. The summed E-state index contributed by atoms with van der Waals surface area (Å²) < 4.78 is 5.25. The lowest BCUT2D eigenvalue weighted by Crippen LogP contribution is -2.26. The molecule has 4 nitrogen and oxygen atoms in total. The third kappa shape index (κ3) is 2.62. The van der Waals surface area contributed by atoms with Gasteiger partial charge in [-0.1, -0.05) is 18.2 Å². The molecule has 0 aliphatic carbocycles. The molecule has 2 rings (SSSR count). The van der Waals surface area contributed by atoms with Gasteiger partial charge >= 0.3 is 0 Å². The van der Waals surface area contributed by atoms with Crippen molar-refractivity contribution in [1.29, 1.82) is 5.26 Å². The van der Waals surface area contributed by atoms with Crippen LogP contribution < -0.4 is 9.64 Å². The van der Waals surface area contributed by atoms with E-state index in [0.29, 0.717) is 22.6 Å². The highest BCUT2D eigenvalue weighted by Crippen LogP contribution is 2.27. The Morgan fingerprint density at radius 1 is 1.20 bits per heavy atom. The van der Waals surface area contributed by atoms with Gasteiger partial charge < -0.3 is 9.64 Å². The normalized spacial score (nSPS) is 9.65. The molecule has 0 spiro atoms. The van der Waals surface area contributed by atoms with Crippen molar-refractivity contribution in [2.45, 2.75) is 0 Å². The first-order valence-electron chi connectivity index (χ1n) is 6.08. The molecule has 2 aromatic rings. The van der Waals surface area contributed by atoms with Crippen molar-refractivity contribution in [2.75, 3.05) is 19.1 Å². The minimum atomic E-state index is -0.188. The zero-order chi connectivity index (χ0) is 14.5. The van der Waals surface area contributed by atoms with Crippen LogP contribution in [0.1, 0.15) is 15.9 Å². The molecule has 0 aliphatic heterocycles. The number of nitriles is 1. The second-order valence-electron chi connectivity index (χ2n) is 4.23. The Morgan fingerprint density at radius 3 is 2.65 bits per heavy atom. The average Bonchev–Trinajstić information content (AvgIpc) is 2.53. The molecule has 0 N–H and O–H groups in total. The van der Waals surface area contributed by atoms with Gasteiger partial charge in [0.05, 0.1) is 24.4 Å². The highest BCUT2D eigenvalue weighted by molar-refractivity contribution is 6.06. The molecule has 0 aromatic heterocycles. The number of carbonyl (C=O) groups excluding carboxylic acids is 1. The van der Waals surface area contributed by atoms with E-state index in [-0.39, 0.29) is 5.91 Å². The summed E-state index contributed by atoms with van der Waals surface area (Å²) in [5.74, 6) is 0.436. The van der Waals surface area contributed by atoms with Crippen LogP contribution in [0.5, 0.6) is 5.75 Å². The van der Waals surface area contributed by atoms with Crippen LogP contribution in [0.25, 0.3) is 0 Å². The maximum absolute atomic E-state index is 12.4. The molecule has 0 aliphatic rings. The van der Waals surface area contributed by atoms with Gasteiger partial charge in [0, 0.05) is 12.6 Å². The number of anilines is 1. The summed E-state index contributed by atoms with van der Waals surface area (Å²) in [6, 6.07) is 15.9. The predicted molar refractivity (Wildman–Crippen MR) is 76.9 cm³/mol. The van der Waals surface area contributed by atoms with Gasteiger partial charge in [0.15, 0.2) is 0 Å². The number of hydrogen-bond donors (Lipinski definition) is 0. The molecule has 0 saturated heterocycles. The highest BCUT2D eigenvalue weighted by atomic mass is 16.5. The van der Waals surface area contributed by atoms with E-state index < -0.39 is 0 Å². The van der Waals surface area contributed by atoms with E-state index in [1.165, 1.54) is 4.90 Å². The molecular formula is C16H14N2O2. The Hall–Kier alpha value is -2.80. The number of methoxy groups -OCH3 is 1. The summed E-state index contributed by atoms with van der Waals surface area (Å²) in [6.45, 7) is 0. The van der Waals surface area contributed by atoms with Crippen molar-refractivity contribution >= 4 is 11.6 Å². The Kier molecular flexibility index (Phi) is 4.02. The SMILES string of the molecule is COc1ccccc1N(C)C(=O)c1cccc(C#N)c1. The molecular weight excluding hydrogens is 252 g/mol. The first kappa shape index (κ1) is 13.6. The fraction of sp³-hybridized carbons (Fsp3) is 0.125. The fourth-order valence-electron chi connectivity index (χ4n) is 1.93. The monoisotopic (exact) mass is 266 g/mol. The molecule has 4 heteroatoms. The lowest BCUT2D eigenvalue weighted by atomic mass is 10.1.